The maximum atomic E-state index is 15.3. The Labute approximate surface area is 185 Å². The molecule has 0 saturated carbocycles. The van der Waals surface area contributed by atoms with E-state index in [1.165, 1.54) is 6.33 Å². The lowest BCUT2D eigenvalue weighted by Gasteiger charge is -2.23. The molecule has 166 valence electrons. The highest BCUT2D eigenvalue weighted by Gasteiger charge is 2.24. The maximum Gasteiger partial charge on any atom is 0.197 e. The van der Waals surface area contributed by atoms with E-state index in [1.807, 2.05) is 18.5 Å². The van der Waals surface area contributed by atoms with Crippen LogP contribution in [0.3, 0.4) is 0 Å². The summed E-state index contributed by atoms with van der Waals surface area (Å²) >= 11 is 0. The van der Waals surface area contributed by atoms with E-state index in [0.717, 1.165) is 42.6 Å². The molecule has 1 aliphatic rings. The maximum absolute atomic E-state index is 15.3. The molecule has 5 rings (SSSR count). The number of hydrogen-bond acceptors (Lipinski definition) is 6. The van der Waals surface area contributed by atoms with E-state index in [4.69, 9.17) is 4.74 Å². The van der Waals surface area contributed by atoms with Crippen LogP contribution < -0.4 is 10.1 Å². The van der Waals surface area contributed by atoms with Crippen molar-refractivity contribution in [2.24, 2.45) is 0 Å². The van der Waals surface area contributed by atoms with Crippen molar-refractivity contribution in [1.82, 2.24) is 35.1 Å². The number of aromatic nitrogens is 6. The van der Waals surface area contributed by atoms with E-state index in [0.29, 0.717) is 34.4 Å². The molecule has 1 aliphatic heterocycles. The molecule has 0 spiro atoms. The summed E-state index contributed by atoms with van der Waals surface area (Å²) in [6.45, 7) is 6.03. The van der Waals surface area contributed by atoms with Gasteiger partial charge in [-0.05, 0) is 55.5 Å². The molecule has 4 aromatic heterocycles. The molecule has 0 amide bonds. The first kappa shape index (κ1) is 20.6. The molecule has 0 aliphatic carbocycles. The van der Waals surface area contributed by atoms with Crippen molar-refractivity contribution >= 4 is 5.65 Å². The Hall–Kier alpha value is -3.33. The number of aromatic amines is 1. The predicted octanol–water partition coefficient (Wildman–Crippen LogP) is 3.92. The molecular formula is C23H26FN7O. The quantitative estimate of drug-likeness (QED) is 0.494. The molecule has 1 fully saturated rings. The molecular weight excluding hydrogens is 409 g/mol. The number of ether oxygens (including phenoxy) is 1. The van der Waals surface area contributed by atoms with Crippen molar-refractivity contribution in [2.45, 2.75) is 38.5 Å². The molecule has 0 bridgehead atoms. The number of halogens is 1. The standard InChI is InChI=1S/C23H26FN7O/c1-13(2)19-20(16-9-18(32-3)23-27-12-28-31(23)11-16)29-30-22(19)21-17(24)8-15(10-26-21)14-4-6-25-7-5-14/h8-14,25H,4-7H2,1-3H3,(H,29,30). The lowest BCUT2D eigenvalue weighted by molar-refractivity contribution is 0.416. The van der Waals surface area contributed by atoms with Crippen LogP contribution in [-0.4, -0.2) is 50.0 Å². The number of rotatable bonds is 5. The Morgan fingerprint density at radius 1 is 1.16 bits per heavy atom. The minimum absolute atomic E-state index is 0.0847. The average molecular weight is 436 g/mol. The van der Waals surface area contributed by atoms with Gasteiger partial charge in [0.2, 0.25) is 0 Å². The van der Waals surface area contributed by atoms with Gasteiger partial charge in [0.15, 0.2) is 17.2 Å². The van der Waals surface area contributed by atoms with E-state index in [2.05, 4.69) is 44.4 Å². The Morgan fingerprint density at radius 3 is 2.69 bits per heavy atom. The largest absolute Gasteiger partial charge is 0.493 e. The topological polar surface area (TPSA) is 93.0 Å². The minimum Gasteiger partial charge on any atom is -0.493 e. The van der Waals surface area contributed by atoms with E-state index in [1.54, 1.807) is 17.7 Å². The molecule has 32 heavy (non-hydrogen) atoms. The van der Waals surface area contributed by atoms with Crippen molar-refractivity contribution in [1.29, 1.82) is 0 Å². The van der Waals surface area contributed by atoms with Crippen LogP contribution in [0.2, 0.25) is 0 Å². The van der Waals surface area contributed by atoms with Gasteiger partial charge in [0.05, 0.1) is 18.5 Å². The third kappa shape index (κ3) is 3.52. The van der Waals surface area contributed by atoms with Crippen LogP contribution in [0.15, 0.2) is 30.9 Å². The Bertz CT molecular complexity index is 1260. The van der Waals surface area contributed by atoms with Crippen molar-refractivity contribution in [2.75, 3.05) is 20.2 Å². The van der Waals surface area contributed by atoms with Crippen molar-refractivity contribution in [3.63, 3.8) is 0 Å². The fraction of sp³-hybridized carbons (Fsp3) is 0.391. The number of nitrogens with zero attached hydrogens (tertiary/aromatic N) is 5. The summed E-state index contributed by atoms with van der Waals surface area (Å²) in [6, 6.07) is 3.51. The molecule has 0 radical (unpaired) electrons. The first-order chi connectivity index (χ1) is 15.6. The Balaban J connectivity index is 1.58. The van der Waals surface area contributed by atoms with Crippen LogP contribution in [0.1, 0.15) is 49.7 Å². The van der Waals surface area contributed by atoms with E-state index >= 15 is 4.39 Å². The van der Waals surface area contributed by atoms with Gasteiger partial charge in [0.1, 0.15) is 12.0 Å². The molecule has 4 aromatic rings. The summed E-state index contributed by atoms with van der Waals surface area (Å²) in [7, 11) is 1.59. The zero-order valence-corrected chi connectivity index (χ0v) is 18.4. The van der Waals surface area contributed by atoms with Gasteiger partial charge in [-0.15, -0.1) is 0 Å². The number of piperidine rings is 1. The van der Waals surface area contributed by atoms with Gasteiger partial charge in [-0.2, -0.15) is 10.2 Å². The third-order valence-electron chi connectivity index (χ3n) is 6.13. The Morgan fingerprint density at radius 2 is 1.97 bits per heavy atom. The Kier molecular flexibility index (Phi) is 5.34. The first-order valence-corrected chi connectivity index (χ1v) is 10.9. The summed E-state index contributed by atoms with van der Waals surface area (Å²) in [4.78, 5) is 8.76. The van der Waals surface area contributed by atoms with E-state index in [9.17, 15) is 0 Å². The molecule has 5 heterocycles. The lowest BCUT2D eigenvalue weighted by Crippen LogP contribution is -2.26. The predicted molar refractivity (Wildman–Crippen MR) is 119 cm³/mol. The second kappa shape index (κ2) is 8.31. The summed E-state index contributed by atoms with van der Waals surface area (Å²) in [5, 5.41) is 15.2. The van der Waals surface area contributed by atoms with Crippen molar-refractivity contribution in [3.05, 3.63) is 47.8 Å². The second-order valence-electron chi connectivity index (χ2n) is 8.46. The molecule has 0 unspecified atom stereocenters. The van der Waals surface area contributed by atoms with Crippen molar-refractivity contribution in [3.8, 4) is 28.4 Å². The van der Waals surface area contributed by atoms with E-state index < -0.39 is 0 Å². The highest BCUT2D eigenvalue weighted by atomic mass is 19.1. The lowest BCUT2D eigenvalue weighted by atomic mass is 9.90. The number of pyridine rings is 2. The zero-order valence-electron chi connectivity index (χ0n) is 18.4. The van der Waals surface area contributed by atoms with Gasteiger partial charge >= 0.3 is 0 Å². The summed E-state index contributed by atoms with van der Waals surface area (Å²) in [6.07, 6.45) is 7.13. The van der Waals surface area contributed by atoms with Crippen molar-refractivity contribution < 1.29 is 9.13 Å². The van der Waals surface area contributed by atoms with Gasteiger partial charge in [-0.25, -0.2) is 13.9 Å². The highest BCUT2D eigenvalue weighted by Crippen LogP contribution is 2.37. The van der Waals surface area contributed by atoms with Gasteiger partial charge in [0, 0.05) is 23.5 Å². The molecule has 1 saturated heterocycles. The van der Waals surface area contributed by atoms with Crippen LogP contribution in [0.25, 0.3) is 28.3 Å². The van der Waals surface area contributed by atoms with Gasteiger partial charge in [0.25, 0.3) is 0 Å². The number of fused-ring (bicyclic) bond motifs is 1. The fourth-order valence-electron chi connectivity index (χ4n) is 4.50. The second-order valence-corrected chi connectivity index (χ2v) is 8.46. The van der Waals surface area contributed by atoms with E-state index in [-0.39, 0.29) is 11.7 Å². The average Bonchev–Trinajstić information content (AvgIpc) is 3.46. The van der Waals surface area contributed by atoms with Gasteiger partial charge < -0.3 is 10.1 Å². The van der Waals surface area contributed by atoms with Crippen LogP contribution in [0, 0.1) is 5.82 Å². The summed E-state index contributed by atoms with van der Waals surface area (Å²) < 4.78 is 22.4. The van der Waals surface area contributed by atoms with Gasteiger partial charge in [-0.1, -0.05) is 13.8 Å². The molecule has 2 N–H and O–H groups in total. The number of methoxy groups -OCH3 is 1. The molecule has 0 aromatic carbocycles. The first-order valence-electron chi connectivity index (χ1n) is 10.9. The zero-order chi connectivity index (χ0) is 22.2. The summed E-state index contributed by atoms with van der Waals surface area (Å²) in [5.41, 5.74) is 4.89. The third-order valence-corrected chi connectivity index (χ3v) is 6.13. The molecule has 8 nitrogen and oxygen atoms in total. The number of H-pyrrole nitrogens is 1. The smallest absolute Gasteiger partial charge is 0.197 e. The van der Waals surface area contributed by atoms with Crippen LogP contribution in [0.5, 0.6) is 5.75 Å². The molecule has 9 heteroatoms. The normalized spacial score (nSPS) is 15.0. The van der Waals surface area contributed by atoms with Crippen LogP contribution in [-0.2, 0) is 0 Å². The SMILES string of the molecule is COc1cc(-c2n[nH]c(-c3ncc(C4CCNCC4)cc3F)c2C(C)C)cn2ncnc12. The van der Waals surface area contributed by atoms with Crippen LogP contribution in [0.4, 0.5) is 4.39 Å². The fourth-order valence-corrected chi connectivity index (χ4v) is 4.50. The van der Waals surface area contributed by atoms with Crippen LogP contribution >= 0.6 is 0 Å². The monoisotopic (exact) mass is 435 g/mol. The van der Waals surface area contributed by atoms with Gasteiger partial charge in [-0.3, -0.25) is 10.1 Å². The number of nitrogens with one attached hydrogen (secondary N) is 2. The highest BCUT2D eigenvalue weighted by molar-refractivity contribution is 5.75. The minimum atomic E-state index is -0.331. The number of hydrogen-bond donors (Lipinski definition) is 2. The summed E-state index contributed by atoms with van der Waals surface area (Å²) in [5.74, 6) is 0.690. The molecule has 0 atom stereocenters.